The molecule has 30 heavy (non-hydrogen) atoms. The molecule has 3 heterocycles. The van der Waals surface area contributed by atoms with Crippen molar-refractivity contribution < 1.29 is 28.8 Å². The lowest BCUT2D eigenvalue weighted by Gasteiger charge is -2.47. The predicted octanol–water partition coefficient (Wildman–Crippen LogP) is 3.44. The number of hydrogen-bond acceptors (Lipinski definition) is 6. The van der Waals surface area contributed by atoms with Gasteiger partial charge in [-0.1, -0.05) is 12.7 Å². The van der Waals surface area contributed by atoms with Crippen LogP contribution in [0.25, 0.3) is 0 Å². The van der Waals surface area contributed by atoms with Crippen LogP contribution in [0.2, 0.25) is 0 Å². The summed E-state index contributed by atoms with van der Waals surface area (Å²) >= 11 is 0. The molecule has 156 valence electrons. The molecule has 7 heteroatoms. The normalized spacial score (nSPS) is 20.3. The van der Waals surface area contributed by atoms with Crippen LogP contribution in [0.5, 0.6) is 17.2 Å². The van der Waals surface area contributed by atoms with E-state index in [-0.39, 0.29) is 38.2 Å². The number of amides is 1. The number of nitrogens with zero attached hydrogens (tertiary/aromatic N) is 1. The Kier molecular flexibility index (Phi) is 4.55. The van der Waals surface area contributed by atoms with Gasteiger partial charge in [0, 0.05) is 5.56 Å². The van der Waals surface area contributed by atoms with Crippen LogP contribution in [0.1, 0.15) is 39.9 Å². The van der Waals surface area contributed by atoms with Crippen LogP contribution in [-0.2, 0) is 24.2 Å². The van der Waals surface area contributed by atoms with Gasteiger partial charge in [-0.25, -0.2) is 4.79 Å². The number of fused-ring (bicyclic) bond motifs is 7. The van der Waals surface area contributed by atoms with E-state index in [2.05, 4.69) is 6.58 Å². The average molecular weight is 409 g/mol. The SMILES string of the molecule is C=CCOC(=O)N1[C@H]2Cc3cc4c(cc3[C@@H]1Cc1cc(OC)c(CO)cc12)OCO4. The van der Waals surface area contributed by atoms with Crippen LogP contribution < -0.4 is 14.2 Å². The Hall–Kier alpha value is -3.19. The number of benzene rings is 2. The smallest absolute Gasteiger partial charge is 0.411 e. The first kappa shape index (κ1) is 18.8. The monoisotopic (exact) mass is 409 g/mol. The van der Waals surface area contributed by atoms with E-state index >= 15 is 0 Å². The Bertz CT molecular complexity index is 1030. The number of aliphatic hydroxyl groups is 1. The number of hydrogen-bond donors (Lipinski definition) is 1. The molecule has 0 aromatic heterocycles. The lowest BCUT2D eigenvalue weighted by molar-refractivity contribution is 0.0593. The summed E-state index contributed by atoms with van der Waals surface area (Å²) in [6, 6.07) is 7.52. The van der Waals surface area contributed by atoms with Crippen LogP contribution in [0, 0.1) is 0 Å². The molecule has 3 aliphatic rings. The van der Waals surface area contributed by atoms with Crippen LogP contribution in [0.3, 0.4) is 0 Å². The molecule has 0 fully saturated rings. The maximum Gasteiger partial charge on any atom is 0.411 e. The summed E-state index contributed by atoms with van der Waals surface area (Å²) in [7, 11) is 1.60. The van der Waals surface area contributed by atoms with E-state index in [1.807, 2.05) is 29.2 Å². The molecule has 7 nitrogen and oxygen atoms in total. The molecule has 2 atom stereocenters. The quantitative estimate of drug-likeness (QED) is 0.780. The summed E-state index contributed by atoms with van der Waals surface area (Å²) in [6.07, 6.45) is 2.42. The fraction of sp³-hybridized carbons (Fsp3) is 0.348. The van der Waals surface area contributed by atoms with Gasteiger partial charge in [-0.15, -0.1) is 0 Å². The van der Waals surface area contributed by atoms with E-state index in [1.165, 1.54) is 0 Å². The summed E-state index contributed by atoms with van der Waals surface area (Å²) in [6.45, 7) is 3.85. The molecule has 0 unspecified atom stereocenters. The van der Waals surface area contributed by atoms with Crippen molar-refractivity contribution >= 4 is 6.09 Å². The molecule has 0 spiro atoms. The average Bonchev–Trinajstić information content (AvgIpc) is 3.22. The molecule has 0 saturated carbocycles. The number of aliphatic hydroxyl groups excluding tert-OH is 1. The van der Waals surface area contributed by atoms with Crippen molar-refractivity contribution in [2.45, 2.75) is 31.5 Å². The Balaban J connectivity index is 1.64. The van der Waals surface area contributed by atoms with Gasteiger partial charge in [0.2, 0.25) is 6.79 Å². The highest BCUT2D eigenvalue weighted by atomic mass is 16.7. The second-order valence-electron chi connectivity index (χ2n) is 7.64. The van der Waals surface area contributed by atoms with Crippen molar-refractivity contribution in [2.75, 3.05) is 20.5 Å². The van der Waals surface area contributed by atoms with Crippen molar-refractivity contribution in [1.29, 1.82) is 0 Å². The summed E-state index contributed by atoms with van der Waals surface area (Å²) in [5.41, 5.74) is 4.99. The van der Waals surface area contributed by atoms with Gasteiger partial charge in [0.05, 0.1) is 25.8 Å². The molecule has 5 rings (SSSR count). The third kappa shape index (κ3) is 2.81. The minimum atomic E-state index is -0.375. The number of methoxy groups -OCH3 is 1. The summed E-state index contributed by atoms with van der Waals surface area (Å²) in [5.74, 6) is 2.09. The largest absolute Gasteiger partial charge is 0.496 e. The highest BCUT2D eigenvalue weighted by molar-refractivity contribution is 5.72. The van der Waals surface area contributed by atoms with Gasteiger partial charge in [0.25, 0.3) is 0 Å². The van der Waals surface area contributed by atoms with Gasteiger partial charge in [-0.05, 0) is 59.4 Å². The summed E-state index contributed by atoms with van der Waals surface area (Å²) < 4.78 is 22.0. The van der Waals surface area contributed by atoms with Crippen molar-refractivity contribution in [3.63, 3.8) is 0 Å². The maximum atomic E-state index is 13.0. The van der Waals surface area contributed by atoms with Gasteiger partial charge in [-0.3, -0.25) is 4.90 Å². The molecule has 1 N–H and O–H groups in total. The Morgan fingerprint density at radius 2 is 1.83 bits per heavy atom. The van der Waals surface area contributed by atoms with E-state index in [1.54, 1.807) is 13.2 Å². The highest BCUT2D eigenvalue weighted by Crippen LogP contribution is 2.51. The minimum absolute atomic E-state index is 0.136. The van der Waals surface area contributed by atoms with E-state index in [0.29, 0.717) is 29.9 Å². The minimum Gasteiger partial charge on any atom is -0.496 e. The molecule has 2 bridgehead atoms. The van der Waals surface area contributed by atoms with Gasteiger partial charge in [-0.2, -0.15) is 0 Å². The second kappa shape index (κ2) is 7.25. The lowest BCUT2D eigenvalue weighted by atomic mass is 9.76. The molecule has 2 aromatic rings. The number of ether oxygens (including phenoxy) is 4. The van der Waals surface area contributed by atoms with Gasteiger partial charge >= 0.3 is 6.09 Å². The standard InChI is InChI=1S/C23H23NO6/c1-3-4-28-23(26)24-18-7-14-9-21-22(30-12-29-21)10-17(14)19(24)6-13-8-20(27-2)15(11-25)5-16(13)18/h3,5,8-10,18-19,25H,1,4,6-7,11-12H2,2H3/t18-,19-/m0/s1. The zero-order valence-corrected chi connectivity index (χ0v) is 16.7. The van der Waals surface area contributed by atoms with E-state index < -0.39 is 0 Å². The first-order chi connectivity index (χ1) is 14.6. The van der Waals surface area contributed by atoms with Crippen molar-refractivity contribution in [2.24, 2.45) is 0 Å². The number of rotatable bonds is 4. The second-order valence-corrected chi connectivity index (χ2v) is 7.64. The molecule has 3 aliphatic heterocycles. The van der Waals surface area contributed by atoms with Crippen LogP contribution in [-0.4, -0.2) is 36.6 Å². The Morgan fingerprint density at radius 1 is 1.17 bits per heavy atom. The summed E-state index contributed by atoms with van der Waals surface area (Å²) in [4.78, 5) is 14.8. The Morgan fingerprint density at radius 3 is 2.50 bits per heavy atom. The Labute approximate surface area is 174 Å². The van der Waals surface area contributed by atoms with Gasteiger partial charge < -0.3 is 24.1 Å². The zero-order chi connectivity index (χ0) is 20.8. The molecular weight excluding hydrogens is 386 g/mol. The highest BCUT2D eigenvalue weighted by Gasteiger charge is 2.44. The summed E-state index contributed by atoms with van der Waals surface area (Å²) in [5, 5.41) is 9.80. The van der Waals surface area contributed by atoms with Crippen LogP contribution >= 0.6 is 0 Å². The van der Waals surface area contributed by atoms with E-state index in [4.69, 9.17) is 18.9 Å². The fourth-order valence-electron chi connectivity index (χ4n) is 4.78. The maximum absolute atomic E-state index is 13.0. The molecule has 1 amide bonds. The molecule has 0 aliphatic carbocycles. The van der Waals surface area contributed by atoms with Gasteiger partial charge in [0.1, 0.15) is 12.4 Å². The zero-order valence-electron chi connectivity index (χ0n) is 16.7. The fourth-order valence-corrected chi connectivity index (χ4v) is 4.78. The number of carbonyl (C=O) groups is 1. The lowest BCUT2D eigenvalue weighted by Crippen LogP contribution is -2.46. The van der Waals surface area contributed by atoms with Crippen LogP contribution in [0.4, 0.5) is 4.79 Å². The molecule has 0 saturated heterocycles. The molecule has 2 aromatic carbocycles. The number of carbonyl (C=O) groups excluding carboxylic acids is 1. The molecule has 0 radical (unpaired) electrons. The van der Waals surface area contributed by atoms with Crippen molar-refractivity contribution in [3.8, 4) is 17.2 Å². The van der Waals surface area contributed by atoms with Gasteiger partial charge in [0.15, 0.2) is 11.5 Å². The van der Waals surface area contributed by atoms with Crippen LogP contribution in [0.15, 0.2) is 36.9 Å². The first-order valence-corrected chi connectivity index (χ1v) is 9.93. The molecular formula is C23H23NO6. The van der Waals surface area contributed by atoms with E-state index in [9.17, 15) is 9.90 Å². The van der Waals surface area contributed by atoms with Crippen molar-refractivity contribution in [1.82, 2.24) is 4.90 Å². The predicted molar refractivity (Wildman–Crippen MR) is 108 cm³/mol. The third-order valence-electron chi connectivity index (χ3n) is 6.10. The van der Waals surface area contributed by atoms with Crippen molar-refractivity contribution in [3.05, 3.63) is 64.7 Å². The first-order valence-electron chi connectivity index (χ1n) is 9.93. The third-order valence-corrected chi connectivity index (χ3v) is 6.10. The van der Waals surface area contributed by atoms with E-state index in [0.717, 1.165) is 28.0 Å². The topological polar surface area (TPSA) is 77.5 Å².